The van der Waals surface area contributed by atoms with Crippen molar-refractivity contribution < 1.29 is 19.4 Å². The highest BCUT2D eigenvalue weighted by atomic mass is 16.5. The molecular weight excluding hydrogens is 282 g/mol. The Balaban J connectivity index is 2.27. The predicted molar refractivity (Wildman–Crippen MR) is 84.9 cm³/mol. The molecule has 22 heavy (non-hydrogen) atoms. The smallest absolute Gasteiger partial charge is 0.335 e. The fraction of sp³-hybridized carbons (Fsp3) is 0.176. The van der Waals surface area contributed by atoms with E-state index in [2.05, 4.69) is 4.99 Å². The van der Waals surface area contributed by atoms with Gasteiger partial charge in [-0.2, -0.15) is 0 Å². The number of aliphatic imine (C=N–C) groups is 1. The molecule has 5 nitrogen and oxygen atoms in total. The average Bonchev–Trinajstić information content (AvgIpc) is 2.53. The first-order valence-electron chi connectivity index (χ1n) is 6.65. The zero-order valence-electron chi connectivity index (χ0n) is 12.7. The molecule has 0 aliphatic heterocycles. The number of carboxylic acids is 1. The minimum absolute atomic E-state index is 0.237. The van der Waals surface area contributed by atoms with Crippen LogP contribution in [0.15, 0.2) is 41.4 Å². The van der Waals surface area contributed by atoms with Crippen molar-refractivity contribution in [3.63, 3.8) is 0 Å². The first-order chi connectivity index (χ1) is 10.5. The summed E-state index contributed by atoms with van der Waals surface area (Å²) in [6.45, 7) is 1.96. The maximum Gasteiger partial charge on any atom is 0.335 e. The summed E-state index contributed by atoms with van der Waals surface area (Å²) in [5, 5.41) is 8.86. The van der Waals surface area contributed by atoms with Crippen LogP contribution in [0.3, 0.4) is 0 Å². The van der Waals surface area contributed by atoms with Gasteiger partial charge in [0.05, 0.1) is 25.5 Å². The average molecular weight is 299 g/mol. The van der Waals surface area contributed by atoms with Gasteiger partial charge in [0.25, 0.3) is 0 Å². The second kappa shape index (κ2) is 6.76. The Morgan fingerprint density at radius 2 is 1.68 bits per heavy atom. The Hall–Kier alpha value is -2.82. The van der Waals surface area contributed by atoms with E-state index in [4.69, 9.17) is 14.6 Å². The summed E-state index contributed by atoms with van der Waals surface area (Å²) in [4.78, 5) is 15.2. The second-order valence-electron chi connectivity index (χ2n) is 4.67. The molecule has 2 rings (SSSR count). The first-order valence-corrected chi connectivity index (χ1v) is 6.65. The molecule has 2 aromatic carbocycles. The van der Waals surface area contributed by atoms with Crippen molar-refractivity contribution in [2.45, 2.75) is 6.92 Å². The van der Waals surface area contributed by atoms with Crippen LogP contribution in [0.4, 0.5) is 5.69 Å². The van der Waals surface area contributed by atoms with Crippen LogP contribution in [0.2, 0.25) is 0 Å². The van der Waals surface area contributed by atoms with Gasteiger partial charge in [0.15, 0.2) is 11.5 Å². The van der Waals surface area contributed by atoms with Gasteiger partial charge in [0.1, 0.15) is 0 Å². The molecule has 0 unspecified atom stereocenters. The molecule has 114 valence electrons. The minimum atomic E-state index is -0.953. The highest BCUT2D eigenvalue weighted by Gasteiger charge is 2.07. The van der Waals surface area contributed by atoms with Crippen LogP contribution >= 0.6 is 0 Å². The normalized spacial score (nSPS) is 10.7. The SMILES string of the molecule is COc1cc(C)c(C=Nc2ccc(C(=O)O)cc2)cc1OC. The highest BCUT2D eigenvalue weighted by molar-refractivity contribution is 5.88. The molecule has 0 fully saturated rings. The Morgan fingerprint density at radius 3 is 2.23 bits per heavy atom. The number of methoxy groups -OCH3 is 2. The molecule has 0 spiro atoms. The highest BCUT2D eigenvalue weighted by Crippen LogP contribution is 2.29. The van der Waals surface area contributed by atoms with Gasteiger partial charge in [-0.05, 0) is 54.4 Å². The third-order valence-electron chi connectivity index (χ3n) is 3.24. The molecule has 2 aromatic rings. The van der Waals surface area contributed by atoms with Crippen molar-refractivity contribution in [2.75, 3.05) is 14.2 Å². The molecule has 5 heteroatoms. The zero-order chi connectivity index (χ0) is 16.1. The van der Waals surface area contributed by atoms with Crippen LogP contribution in [0.25, 0.3) is 0 Å². The van der Waals surface area contributed by atoms with Crippen molar-refractivity contribution in [3.05, 3.63) is 53.1 Å². The van der Waals surface area contributed by atoms with E-state index in [1.54, 1.807) is 32.6 Å². The Bertz CT molecular complexity index is 705. The largest absolute Gasteiger partial charge is 0.493 e. The summed E-state index contributed by atoms with van der Waals surface area (Å²) in [6, 6.07) is 10.1. The number of benzene rings is 2. The quantitative estimate of drug-likeness (QED) is 0.858. The molecular formula is C17H17NO4. The molecule has 0 aromatic heterocycles. The van der Waals surface area contributed by atoms with Crippen molar-refractivity contribution in [2.24, 2.45) is 4.99 Å². The van der Waals surface area contributed by atoms with Crippen molar-refractivity contribution in [1.82, 2.24) is 0 Å². The van der Waals surface area contributed by atoms with E-state index >= 15 is 0 Å². The number of carbonyl (C=O) groups is 1. The summed E-state index contributed by atoms with van der Waals surface area (Å²) in [5.74, 6) is 0.352. The summed E-state index contributed by atoms with van der Waals surface area (Å²) < 4.78 is 10.5. The zero-order valence-corrected chi connectivity index (χ0v) is 12.7. The third kappa shape index (κ3) is 3.44. The van der Waals surface area contributed by atoms with Gasteiger partial charge in [-0.15, -0.1) is 0 Å². The summed E-state index contributed by atoms with van der Waals surface area (Å²) >= 11 is 0. The monoisotopic (exact) mass is 299 g/mol. The fourth-order valence-electron chi connectivity index (χ4n) is 1.97. The third-order valence-corrected chi connectivity index (χ3v) is 3.24. The van der Waals surface area contributed by atoms with Gasteiger partial charge < -0.3 is 14.6 Å². The van der Waals surface area contributed by atoms with Crippen LogP contribution in [-0.2, 0) is 0 Å². The van der Waals surface area contributed by atoms with Crippen LogP contribution in [0.1, 0.15) is 21.5 Å². The maximum atomic E-state index is 10.8. The first kappa shape index (κ1) is 15.6. The molecule has 0 radical (unpaired) electrons. The number of nitrogens with zero attached hydrogens (tertiary/aromatic N) is 1. The maximum absolute atomic E-state index is 10.8. The summed E-state index contributed by atoms with van der Waals surface area (Å²) in [6.07, 6.45) is 1.72. The van der Waals surface area contributed by atoms with Gasteiger partial charge in [-0.1, -0.05) is 0 Å². The van der Waals surface area contributed by atoms with Crippen LogP contribution in [-0.4, -0.2) is 31.5 Å². The van der Waals surface area contributed by atoms with Crippen LogP contribution < -0.4 is 9.47 Å². The van der Waals surface area contributed by atoms with Crippen molar-refractivity contribution >= 4 is 17.9 Å². The number of carboxylic acid groups (broad SMARTS) is 1. The standard InChI is InChI=1S/C17H17NO4/c1-11-8-15(21-2)16(22-3)9-13(11)10-18-14-6-4-12(5-7-14)17(19)20/h4-10H,1-3H3,(H,19,20). The molecule has 0 heterocycles. The van der Waals surface area contributed by atoms with E-state index < -0.39 is 5.97 Å². The number of hydrogen-bond acceptors (Lipinski definition) is 4. The molecule has 0 atom stereocenters. The van der Waals surface area contributed by atoms with Crippen LogP contribution in [0, 0.1) is 6.92 Å². The van der Waals surface area contributed by atoms with Crippen molar-refractivity contribution in [3.8, 4) is 11.5 Å². The molecule has 1 N–H and O–H groups in total. The lowest BCUT2D eigenvalue weighted by Gasteiger charge is -2.10. The summed E-state index contributed by atoms with van der Waals surface area (Å²) in [5.41, 5.74) is 2.82. The Morgan fingerprint density at radius 1 is 1.09 bits per heavy atom. The number of aryl methyl sites for hydroxylation is 1. The van der Waals surface area contributed by atoms with E-state index in [0.29, 0.717) is 17.2 Å². The van der Waals surface area contributed by atoms with Crippen LogP contribution in [0.5, 0.6) is 11.5 Å². The minimum Gasteiger partial charge on any atom is -0.493 e. The van der Waals surface area contributed by atoms with Gasteiger partial charge in [0, 0.05) is 6.21 Å². The predicted octanol–water partition coefficient (Wildman–Crippen LogP) is 3.46. The van der Waals surface area contributed by atoms with Gasteiger partial charge in [0.2, 0.25) is 0 Å². The second-order valence-corrected chi connectivity index (χ2v) is 4.67. The molecule has 0 saturated heterocycles. The lowest BCUT2D eigenvalue weighted by atomic mass is 10.1. The molecule has 0 aliphatic carbocycles. The number of hydrogen-bond donors (Lipinski definition) is 1. The van der Waals surface area contributed by atoms with E-state index in [1.807, 2.05) is 19.1 Å². The number of aromatic carboxylic acids is 1. The molecule has 0 aliphatic rings. The lowest BCUT2D eigenvalue weighted by Crippen LogP contribution is -1.95. The van der Waals surface area contributed by atoms with Gasteiger partial charge in [-0.25, -0.2) is 4.79 Å². The topological polar surface area (TPSA) is 68.1 Å². The molecule has 0 amide bonds. The Labute approximate surface area is 128 Å². The Kier molecular flexibility index (Phi) is 4.78. The number of rotatable bonds is 5. The van der Waals surface area contributed by atoms with Gasteiger partial charge >= 0.3 is 5.97 Å². The number of ether oxygens (including phenoxy) is 2. The lowest BCUT2D eigenvalue weighted by molar-refractivity contribution is 0.0697. The molecule has 0 bridgehead atoms. The van der Waals surface area contributed by atoms with E-state index in [-0.39, 0.29) is 5.56 Å². The van der Waals surface area contributed by atoms with E-state index in [1.165, 1.54) is 12.1 Å². The molecule has 0 saturated carbocycles. The van der Waals surface area contributed by atoms with E-state index in [9.17, 15) is 4.79 Å². The van der Waals surface area contributed by atoms with Gasteiger partial charge in [-0.3, -0.25) is 4.99 Å². The van der Waals surface area contributed by atoms with E-state index in [0.717, 1.165) is 11.1 Å². The summed E-state index contributed by atoms with van der Waals surface area (Å²) in [7, 11) is 3.17. The fourth-order valence-corrected chi connectivity index (χ4v) is 1.97. The van der Waals surface area contributed by atoms with Crippen molar-refractivity contribution in [1.29, 1.82) is 0 Å².